The molecule has 0 amide bonds. The molecule has 0 aliphatic carbocycles. The Kier molecular flexibility index (Phi) is 5.57. The van der Waals surface area contributed by atoms with E-state index in [1.807, 2.05) is 13.8 Å². The zero-order valence-electron chi connectivity index (χ0n) is 14.2. The summed E-state index contributed by atoms with van der Waals surface area (Å²) in [6.45, 7) is 9.03. The molecule has 1 unspecified atom stereocenters. The van der Waals surface area contributed by atoms with Crippen molar-refractivity contribution >= 4 is 16.8 Å². The smallest absolute Gasteiger partial charge is 0.336 e. The van der Waals surface area contributed by atoms with Gasteiger partial charge in [0.25, 0.3) is 0 Å². The van der Waals surface area contributed by atoms with E-state index < -0.39 is 11.7 Å². The summed E-state index contributed by atoms with van der Waals surface area (Å²) in [7, 11) is 0. The van der Waals surface area contributed by atoms with Crippen LogP contribution in [0.2, 0.25) is 0 Å². The van der Waals surface area contributed by atoms with Crippen LogP contribution in [0.3, 0.4) is 0 Å². The SMILES string of the molecule is C=C(C)C(O)COc1ccc2ccc(=O)oc2c1CC(=O)C(C)C. The van der Waals surface area contributed by atoms with Gasteiger partial charge in [0, 0.05) is 29.4 Å². The minimum absolute atomic E-state index is 0.0132. The second-order valence-corrected chi connectivity index (χ2v) is 6.19. The molecule has 0 saturated carbocycles. The van der Waals surface area contributed by atoms with E-state index in [9.17, 15) is 14.7 Å². The summed E-state index contributed by atoms with van der Waals surface area (Å²) in [5.41, 5.74) is 0.971. The number of ether oxygens (including phenoxy) is 1. The molecule has 0 spiro atoms. The van der Waals surface area contributed by atoms with Crippen molar-refractivity contribution in [3.8, 4) is 5.75 Å². The average molecular weight is 330 g/mol. The number of rotatable bonds is 7. The van der Waals surface area contributed by atoms with E-state index in [1.165, 1.54) is 6.07 Å². The van der Waals surface area contributed by atoms with E-state index in [1.54, 1.807) is 25.1 Å². The number of carbonyl (C=O) groups is 1. The number of Topliss-reactive ketones (excluding diaryl/α,β-unsaturated/α-hetero) is 1. The second-order valence-electron chi connectivity index (χ2n) is 6.19. The molecule has 5 nitrogen and oxygen atoms in total. The van der Waals surface area contributed by atoms with Crippen LogP contribution in [-0.4, -0.2) is 23.6 Å². The number of aliphatic hydroxyl groups excluding tert-OH is 1. The highest BCUT2D eigenvalue weighted by molar-refractivity contribution is 5.90. The van der Waals surface area contributed by atoms with Gasteiger partial charge in [-0.1, -0.05) is 20.4 Å². The number of ketones is 1. The second kappa shape index (κ2) is 7.45. The van der Waals surface area contributed by atoms with Crippen molar-refractivity contribution < 1.29 is 19.1 Å². The molecule has 2 rings (SSSR count). The average Bonchev–Trinajstić information content (AvgIpc) is 2.53. The van der Waals surface area contributed by atoms with E-state index in [0.29, 0.717) is 27.9 Å². The molecule has 1 atom stereocenters. The van der Waals surface area contributed by atoms with Crippen molar-refractivity contribution in [3.63, 3.8) is 0 Å². The fourth-order valence-electron chi connectivity index (χ4n) is 2.16. The molecule has 1 aromatic heterocycles. The van der Waals surface area contributed by atoms with Crippen LogP contribution < -0.4 is 10.4 Å². The molecule has 0 saturated heterocycles. The first-order valence-electron chi connectivity index (χ1n) is 7.84. The molecule has 1 heterocycles. The van der Waals surface area contributed by atoms with Gasteiger partial charge in [0.1, 0.15) is 29.8 Å². The van der Waals surface area contributed by atoms with Gasteiger partial charge in [-0.05, 0) is 30.7 Å². The molecule has 0 aliphatic rings. The van der Waals surface area contributed by atoms with Crippen LogP contribution in [0.1, 0.15) is 26.3 Å². The number of hydrogen-bond acceptors (Lipinski definition) is 5. The summed E-state index contributed by atoms with van der Waals surface area (Å²) in [4.78, 5) is 23.8. The minimum Gasteiger partial charge on any atom is -0.490 e. The molecule has 5 heteroatoms. The summed E-state index contributed by atoms with van der Waals surface area (Å²) in [5.74, 6) is 0.287. The Bertz CT molecular complexity index is 816. The minimum atomic E-state index is -0.808. The maximum absolute atomic E-state index is 12.2. The van der Waals surface area contributed by atoms with E-state index in [2.05, 4.69) is 6.58 Å². The van der Waals surface area contributed by atoms with Crippen molar-refractivity contribution in [1.82, 2.24) is 0 Å². The highest BCUT2D eigenvalue weighted by Gasteiger charge is 2.18. The lowest BCUT2D eigenvalue weighted by Crippen LogP contribution is -2.19. The molecule has 0 bridgehead atoms. The van der Waals surface area contributed by atoms with Crippen LogP contribution >= 0.6 is 0 Å². The van der Waals surface area contributed by atoms with Crippen molar-refractivity contribution in [2.45, 2.75) is 33.3 Å². The topological polar surface area (TPSA) is 76.7 Å². The van der Waals surface area contributed by atoms with Gasteiger partial charge in [0.15, 0.2) is 0 Å². The Morgan fingerprint density at radius 1 is 1.29 bits per heavy atom. The molecule has 128 valence electrons. The van der Waals surface area contributed by atoms with Crippen LogP contribution in [0.4, 0.5) is 0 Å². The number of benzene rings is 1. The number of fused-ring (bicyclic) bond motifs is 1. The lowest BCUT2D eigenvalue weighted by Gasteiger charge is -2.16. The molecule has 2 aromatic rings. The van der Waals surface area contributed by atoms with Gasteiger partial charge in [-0.3, -0.25) is 4.79 Å². The van der Waals surface area contributed by atoms with Crippen LogP contribution in [0, 0.1) is 5.92 Å². The van der Waals surface area contributed by atoms with E-state index in [0.717, 1.165) is 0 Å². The van der Waals surface area contributed by atoms with Gasteiger partial charge in [0.2, 0.25) is 0 Å². The first kappa shape index (κ1) is 17.9. The van der Waals surface area contributed by atoms with Crippen molar-refractivity contribution in [1.29, 1.82) is 0 Å². The largest absolute Gasteiger partial charge is 0.490 e. The van der Waals surface area contributed by atoms with Gasteiger partial charge in [-0.15, -0.1) is 0 Å². The Balaban J connectivity index is 2.46. The molecular weight excluding hydrogens is 308 g/mol. The van der Waals surface area contributed by atoms with Gasteiger partial charge in [0.05, 0.1) is 0 Å². The highest BCUT2D eigenvalue weighted by atomic mass is 16.5. The zero-order chi connectivity index (χ0) is 17.9. The molecule has 1 aromatic carbocycles. The molecule has 0 fully saturated rings. The number of hydrogen-bond donors (Lipinski definition) is 1. The lowest BCUT2D eigenvalue weighted by atomic mass is 9.98. The van der Waals surface area contributed by atoms with Gasteiger partial charge in [-0.25, -0.2) is 4.79 Å². The molecule has 0 aliphatic heterocycles. The lowest BCUT2D eigenvalue weighted by molar-refractivity contribution is -0.121. The van der Waals surface area contributed by atoms with Crippen LogP contribution in [0.5, 0.6) is 5.75 Å². The van der Waals surface area contributed by atoms with Crippen molar-refractivity contribution in [2.24, 2.45) is 5.92 Å². The Morgan fingerprint density at radius 2 is 1.96 bits per heavy atom. The Morgan fingerprint density at radius 3 is 2.58 bits per heavy atom. The predicted molar refractivity (Wildman–Crippen MR) is 92.3 cm³/mol. The first-order valence-corrected chi connectivity index (χ1v) is 7.84. The van der Waals surface area contributed by atoms with Gasteiger partial charge in [-0.2, -0.15) is 0 Å². The van der Waals surface area contributed by atoms with Crippen LogP contribution in [-0.2, 0) is 11.2 Å². The first-order chi connectivity index (χ1) is 11.3. The van der Waals surface area contributed by atoms with E-state index in [4.69, 9.17) is 9.15 Å². The molecule has 1 N–H and O–H groups in total. The Hall–Kier alpha value is -2.40. The van der Waals surface area contributed by atoms with Crippen LogP contribution in [0.15, 0.2) is 45.6 Å². The zero-order valence-corrected chi connectivity index (χ0v) is 14.2. The molecular formula is C19H22O5. The van der Waals surface area contributed by atoms with Crippen molar-refractivity contribution in [3.05, 3.63) is 52.4 Å². The molecule has 0 radical (unpaired) electrons. The third-order valence-electron chi connectivity index (χ3n) is 3.81. The summed E-state index contributed by atoms with van der Waals surface area (Å²) in [6, 6.07) is 6.46. The van der Waals surface area contributed by atoms with Crippen molar-refractivity contribution in [2.75, 3.05) is 6.61 Å². The number of aliphatic hydroxyl groups is 1. The van der Waals surface area contributed by atoms with Gasteiger partial charge >= 0.3 is 5.63 Å². The van der Waals surface area contributed by atoms with E-state index >= 15 is 0 Å². The maximum atomic E-state index is 12.2. The summed E-state index contributed by atoms with van der Waals surface area (Å²) in [5, 5.41) is 10.6. The fourth-order valence-corrected chi connectivity index (χ4v) is 2.16. The Labute approximate surface area is 140 Å². The standard InChI is InChI=1S/C19H22O5/c1-11(2)15(20)9-14-17(23-10-16(21)12(3)4)7-5-13-6-8-18(22)24-19(13)14/h5-8,11,16,21H,3,9-10H2,1-2,4H3. The quantitative estimate of drug-likeness (QED) is 0.624. The highest BCUT2D eigenvalue weighted by Crippen LogP contribution is 2.29. The summed E-state index contributed by atoms with van der Waals surface area (Å²) in [6.07, 6.45) is -0.711. The third-order valence-corrected chi connectivity index (χ3v) is 3.81. The summed E-state index contributed by atoms with van der Waals surface area (Å²) < 4.78 is 11.0. The molecule has 24 heavy (non-hydrogen) atoms. The van der Waals surface area contributed by atoms with E-state index in [-0.39, 0.29) is 24.7 Å². The third kappa shape index (κ3) is 4.11. The normalized spacial score (nSPS) is 12.4. The fraction of sp³-hybridized carbons (Fsp3) is 0.368. The maximum Gasteiger partial charge on any atom is 0.336 e. The summed E-state index contributed by atoms with van der Waals surface area (Å²) >= 11 is 0. The monoisotopic (exact) mass is 330 g/mol. The van der Waals surface area contributed by atoms with Gasteiger partial charge < -0.3 is 14.3 Å². The number of carbonyl (C=O) groups excluding carboxylic acids is 1. The van der Waals surface area contributed by atoms with Crippen LogP contribution in [0.25, 0.3) is 11.0 Å². The predicted octanol–water partition coefficient (Wildman–Crippen LogP) is 2.88.